The summed E-state index contributed by atoms with van der Waals surface area (Å²) in [5.74, 6) is 0.252. The smallest absolute Gasteiger partial charge is 0.240 e. The molecular weight excluding hydrogens is 272 g/mol. The Hall–Kier alpha value is -0.910. The fraction of sp³-hybridized carbons (Fsp3) is 0.600. The highest BCUT2D eigenvalue weighted by Crippen LogP contribution is 2.25. The van der Waals surface area contributed by atoms with E-state index in [0.717, 1.165) is 11.1 Å². The molecule has 5 heteroatoms. The molecule has 1 unspecified atom stereocenters. The fourth-order valence-corrected chi connectivity index (χ4v) is 2.90. The van der Waals surface area contributed by atoms with Crippen LogP contribution >= 0.6 is 0 Å². The van der Waals surface area contributed by atoms with E-state index in [4.69, 9.17) is 5.73 Å². The lowest BCUT2D eigenvalue weighted by Crippen LogP contribution is -2.33. The molecule has 1 aromatic carbocycles. The van der Waals surface area contributed by atoms with Gasteiger partial charge in [0.1, 0.15) is 0 Å². The molecule has 1 aromatic rings. The second-order valence-corrected chi connectivity index (χ2v) is 8.18. The van der Waals surface area contributed by atoms with E-state index >= 15 is 0 Å². The molecule has 0 aliphatic rings. The largest absolute Gasteiger partial charge is 0.326 e. The molecule has 0 spiro atoms. The lowest BCUT2D eigenvalue weighted by Gasteiger charge is -2.27. The lowest BCUT2D eigenvalue weighted by atomic mass is 9.82. The second kappa shape index (κ2) is 6.24. The molecule has 0 bridgehead atoms. The van der Waals surface area contributed by atoms with E-state index in [9.17, 15) is 8.42 Å². The Morgan fingerprint density at radius 2 is 1.90 bits per heavy atom. The minimum Gasteiger partial charge on any atom is -0.326 e. The summed E-state index contributed by atoms with van der Waals surface area (Å²) in [4.78, 5) is 0.299. The maximum absolute atomic E-state index is 12.3. The molecule has 0 aromatic heterocycles. The summed E-state index contributed by atoms with van der Waals surface area (Å²) < 4.78 is 27.2. The van der Waals surface area contributed by atoms with E-state index in [2.05, 4.69) is 25.5 Å². The molecule has 0 saturated carbocycles. The Balaban J connectivity index is 2.87. The van der Waals surface area contributed by atoms with Crippen LogP contribution in [0.5, 0.6) is 0 Å². The lowest BCUT2D eigenvalue weighted by molar-refractivity contribution is 0.263. The third-order valence-electron chi connectivity index (χ3n) is 3.90. The van der Waals surface area contributed by atoms with Gasteiger partial charge >= 0.3 is 0 Å². The van der Waals surface area contributed by atoms with Gasteiger partial charge in [-0.15, -0.1) is 0 Å². The van der Waals surface area contributed by atoms with Crippen molar-refractivity contribution in [3.05, 3.63) is 29.3 Å². The van der Waals surface area contributed by atoms with Crippen molar-refractivity contribution >= 4 is 10.0 Å². The molecule has 0 aliphatic heterocycles. The first-order valence-corrected chi connectivity index (χ1v) is 8.35. The van der Waals surface area contributed by atoms with E-state index < -0.39 is 10.0 Å². The van der Waals surface area contributed by atoms with Gasteiger partial charge < -0.3 is 5.73 Å². The number of rotatable bonds is 5. The Morgan fingerprint density at radius 1 is 1.30 bits per heavy atom. The van der Waals surface area contributed by atoms with Gasteiger partial charge in [-0.1, -0.05) is 33.8 Å². The Labute approximate surface area is 122 Å². The maximum Gasteiger partial charge on any atom is 0.240 e. The summed E-state index contributed by atoms with van der Waals surface area (Å²) in [6.45, 7) is 11.1. The highest BCUT2D eigenvalue weighted by atomic mass is 32.2. The molecule has 0 heterocycles. The third-order valence-corrected chi connectivity index (χ3v) is 5.32. The summed E-state index contributed by atoms with van der Waals surface area (Å²) in [6, 6.07) is 5.06. The summed E-state index contributed by atoms with van der Waals surface area (Å²) in [5, 5.41) is 0. The summed E-state index contributed by atoms with van der Waals surface area (Å²) in [6.07, 6.45) is 0. The van der Waals surface area contributed by atoms with Crippen molar-refractivity contribution in [2.45, 2.75) is 46.1 Å². The Morgan fingerprint density at radius 3 is 2.35 bits per heavy atom. The Bertz CT molecular complexity index is 560. The average Bonchev–Trinajstić information content (AvgIpc) is 2.34. The SMILES string of the molecule is Cc1cc(S(=O)(=O)NCC(C)C(C)(C)C)ccc1CN. The normalized spacial score (nSPS) is 14.3. The van der Waals surface area contributed by atoms with Crippen LogP contribution in [0.25, 0.3) is 0 Å². The van der Waals surface area contributed by atoms with Crippen molar-refractivity contribution < 1.29 is 8.42 Å². The van der Waals surface area contributed by atoms with Gasteiger partial charge in [-0.3, -0.25) is 0 Å². The van der Waals surface area contributed by atoms with Crippen LogP contribution in [0, 0.1) is 18.3 Å². The highest BCUT2D eigenvalue weighted by Gasteiger charge is 2.23. The van der Waals surface area contributed by atoms with Crippen molar-refractivity contribution in [2.24, 2.45) is 17.1 Å². The van der Waals surface area contributed by atoms with E-state index in [1.54, 1.807) is 18.2 Å². The van der Waals surface area contributed by atoms with Crippen LogP contribution in [-0.4, -0.2) is 15.0 Å². The molecule has 0 fully saturated rings. The molecule has 20 heavy (non-hydrogen) atoms. The quantitative estimate of drug-likeness (QED) is 0.877. The highest BCUT2D eigenvalue weighted by molar-refractivity contribution is 7.89. The standard InChI is InChI=1S/C15H26N2O2S/c1-11-8-14(7-6-13(11)9-16)20(18,19)17-10-12(2)15(3,4)5/h6-8,12,17H,9-10,16H2,1-5H3. The first-order valence-electron chi connectivity index (χ1n) is 6.87. The molecule has 3 N–H and O–H groups in total. The van der Waals surface area contributed by atoms with E-state index in [-0.39, 0.29) is 11.3 Å². The molecule has 0 radical (unpaired) electrons. The third kappa shape index (κ3) is 4.30. The van der Waals surface area contributed by atoms with Gasteiger partial charge in [0.25, 0.3) is 0 Å². The maximum atomic E-state index is 12.3. The van der Waals surface area contributed by atoms with Crippen molar-refractivity contribution in [2.75, 3.05) is 6.54 Å². The van der Waals surface area contributed by atoms with Gasteiger partial charge in [0, 0.05) is 13.1 Å². The number of sulfonamides is 1. The molecule has 1 rings (SSSR count). The van der Waals surface area contributed by atoms with Crippen LogP contribution in [-0.2, 0) is 16.6 Å². The zero-order valence-electron chi connectivity index (χ0n) is 13.0. The fourth-order valence-electron chi connectivity index (χ4n) is 1.69. The second-order valence-electron chi connectivity index (χ2n) is 6.41. The van der Waals surface area contributed by atoms with Crippen LogP contribution in [0.3, 0.4) is 0 Å². The van der Waals surface area contributed by atoms with Crippen LogP contribution in [0.15, 0.2) is 23.1 Å². The van der Waals surface area contributed by atoms with Gasteiger partial charge in [0.05, 0.1) is 4.90 Å². The molecule has 4 nitrogen and oxygen atoms in total. The first-order chi connectivity index (χ1) is 9.08. The zero-order valence-corrected chi connectivity index (χ0v) is 13.8. The van der Waals surface area contributed by atoms with Crippen molar-refractivity contribution in [1.82, 2.24) is 4.72 Å². The van der Waals surface area contributed by atoms with Gasteiger partial charge in [0.2, 0.25) is 10.0 Å². The van der Waals surface area contributed by atoms with Gasteiger partial charge in [-0.2, -0.15) is 0 Å². The van der Waals surface area contributed by atoms with Crippen LogP contribution in [0.2, 0.25) is 0 Å². The number of aryl methyl sites for hydroxylation is 1. The Kier molecular flexibility index (Phi) is 5.35. The van der Waals surface area contributed by atoms with Gasteiger partial charge in [0.15, 0.2) is 0 Å². The summed E-state index contributed by atoms with van der Waals surface area (Å²) in [5.41, 5.74) is 7.53. The first kappa shape index (κ1) is 17.1. The number of hydrogen-bond donors (Lipinski definition) is 2. The molecule has 0 amide bonds. The van der Waals surface area contributed by atoms with Crippen molar-refractivity contribution in [3.63, 3.8) is 0 Å². The van der Waals surface area contributed by atoms with Crippen LogP contribution in [0.1, 0.15) is 38.8 Å². The van der Waals surface area contributed by atoms with Crippen LogP contribution < -0.4 is 10.5 Å². The topological polar surface area (TPSA) is 72.2 Å². The van der Waals surface area contributed by atoms with Crippen LogP contribution in [0.4, 0.5) is 0 Å². The van der Waals surface area contributed by atoms with Gasteiger partial charge in [-0.25, -0.2) is 13.1 Å². The molecular formula is C15H26N2O2S. The minimum absolute atomic E-state index is 0.0713. The van der Waals surface area contributed by atoms with Crippen molar-refractivity contribution in [1.29, 1.82) is 0 Å². The van der Waals surface area contributed by atoms with E-state index in [1.807, 2.05) is 13.8 Å². The van der Waals surface area contributed by atoms with E-state index in [1.165, 1.54) is 0 Å². The predicted molar refractivity (Wildman–Crippen MR) is 82.9 cm³/mol. The van der Waals surface area contributed by atoms with Crippen molar-refractivity contribution in [3.8, 4) is 0 Å². The number of benzene rings is 1. The van der Waals surface area contributed by atoms with Gasteiger partial charge in [-0.05, 0) is 41.5 Å². The monoisotopic (exact) mass is 298 g/mol. The zero-order chi connectivity index (χ0) is 15.6. The predicted octanol–water partition coefficient (Wildman–Crippen LogP) is 2.41. The number of hydrogen-bond acceptors (Lipinski definition) is 3. The summed E-state index contributed by atoms with van der Waals surface area (Å²) >= 11 is 0. The molecule has 1 atom stereocenters. The molecule has 0 saturated heterocycles. The summed E-state index contributed by atoms with van der Waals surface area (Å²) in [7, 11) is -3.45. The van der Waals surface area contributed by atoms with E-state index in [0.29, 0.717) is 18.0 Å². The average molecular weight is 298 g/mol. The number of nitrogens with two attached hydrogens (primary N) is 1. The minimum atomic E-state index is -3.45. The molecule has 0 aliphatic carbocycles. The number of nitrogens with one attached hydrogen (secondary N) is 1. The molecule has 114 valence electrons.